The number of rotatable bonds is 4. The van der Waals surface area contributed by atoms with Gasteiger partial charge in [0.2, 0.25) is 0 Å². The van der Waals surface area contributed by atoms with Crippen molar-refractivity contribution in [2.75, 3.05) is 0 Å². The minimum absolute atomic E-state index is 0. The number of fused-ring (bicyclic) bond motifs is 20. The van der Waals surface area contributed by atoms with Crippen LogP contribution in [0, 0.1) is 13.8 Å². The van der Waals surface area contributed by atoms with Crippen LogP contribution >= 0.6 is 116 Å². The SMILES string of the molecule is Cc1ccc(Oc2c(Cl)c(Cl)c3c(c2Cl)-c2nc-3nc3[n-]c(nc4nc(nc5[n-]c(n2)c2c(Cl)c(Oc6ccc(C)cc6C(C)(C)C)c(Cl)c(Cl)c52)-c2c(Cl)c(Cl)c(Cl)c(Cl)c2-4)c2ccccc32)c(C(C)(C)C)c1.[Zn+2]. The van der Waals surface area contributed by atoms with Crippen molar-refractivity contribution in [2.24, 2.45) is 0 Å². The maximum absolute atomic E-state index is 7.53. The Morgan fingerprint density at radius 1 is 0.387 bits per heavy atom. The van der Waals surface area contributed by atoms with Gasteiger partial charge in [0.05, 0.1) is 63.5 Å². The van der Waals surface area contributed by atoms with Crippen LogP contribution in [0.2, 0.25) is 50.2 Å². The molecule has 75 heavy (non-hydrogen) atoms. The Morgan fingerprint density at radius 2 is 0.733 bits per heavy atom. The van der Waals surface area contributed by atoms with Gasteiger partial charge in [-0.3, -0.25) is 0 Å². The Bertz CT molecular complexity index is 4170. The van der Waals surface area contributed by atoms with Crippen molar-refractivity contribution in [3.63, 3.8) is 0 Å². The molecule has 21 heteroatoms. The molecule has 2 aliphatic rings. The zero-order chi connectivity index (χ0) is 52.8. The van der Waals surface area contributed by atoms with Crippen molar-refractivity contribution in [2.45, 2.75) is 66.2 Å². The van der Waals surface area contributed by atoms with E-state index in [1.165, 1.54) is 0 Å². The largest absolute Gasteiger partial charge is 2.00 e. The summed E-state index contributed by atoms with van der Waals surface area (Å²) < 4.78 is 13.4. The monoisotopic (exact) mass is 1240 g/mol. The van der Waals surface area contributed by atoms with Gasteiger partial charge in [0.1, 0.15) is 21.5 Å². The van der Waals surface area contributed by atoms with Crippen LogP contribution in [-0.4, -0.2) is 29.9 Å². The summed E-state index contributed by atoms with van der Waals surface area (Å²) in [6.07, 6.45) is 0. The number of benzene rings is 6. The number of hydrogen-bond donors (Lipinski definition) is 0. The van der Waals surface area contributed by atoms with Crippen LogP contribution in [0.25, 0.3) is 89.7 Å². The van der Waals surface area contributed by atoms with Gasteiger partial charge < -0.3 is 39.4 Å². The van der Waals surface area contributed by atoms with Crippen LogP contribution in [0.3, 0.4) is 0 Å². The van der Waals surface area contributed by atoms with Gasteiger partial charge in [-0.2, -0.15) is 0 Å². The van der Waals surface area contributed by atoms with Crippen molar-refractivity contribution in [1.29, 1.82) is 0 Å². The average Bonchev–Trinajstić information content (AvgIpc) is 4.10. The maximum Gasteiger partial charge on any atom is 2.00 e. The topological polar surface area (TPSA) is 124 Å². The molecule has 2 aliphatic heterocycles. The fourth-order valence-corrected chi connectivity index (χ4v) is 11.7. The van der Waals surface area contributed by atoms with Crippen LogP contribution in [0.15, 0.2) is 60.7 Å². The molecule has 0 aliphatic carbocycles. The van der Waals surface area contributed by atoms with Gasteiger partial charge in [-0.1, -0.05) is 217 Å². The third-order valence-corrected chi connectivity index (χ3v) is 16.8. The second-order valence-electron chi connectivity index (χ2n) is 19.8. The smallest absolute Gasteiger partial charge is 0.454 e. The van der Waals surface area contributed by atoms with Crippen LogP contribution in [0.5, 0.6) is 23.0 Å². The van der Waals surface area contributed by atoms with Gasteiger partial charge >= 0.3 is 19.5 Å². The third-order valence-electron chi connectivity index (χ3n) is 12.6. The quantitative estimate of drug-likeness (QED) is 0.0956. The van der Waals surface area contributed by atoms with E-state index in [1.54, 1.807) is 0 Å². The zero-order valence-electron chi connectivity index (χ0n) is 40.7. The minimum atomic E-state index is -0.361. The van der Waals surface area contributed by atoms with Gasteiger partial charge in [0.25, 0.3) is 0 Å². The van der Waals surface area contributed by atoms with E-state index in [2.05, 4.69) is 41.5 Å². The molecule has 0 fully saturated rings. The summed E-state index contributed by atoms with van der Waals surface area (Å²) in [5, 5.41) is 1.40. The summed E-state index contributed by atoms with van der Waals surface area (Å²) in [4.78, 5) is 40.0. The average molecular weight is 1250 g/mol. The maximum atomic E-state index is 7.53. The molecule has 0 spiro atoms. The van der Waals surface area contributed by atoms with E-state index in [0.717, 1.165) is 22.3 Å². The molecule has 9 aromatic rings. The fourth-order valence-electron chi connectivity index (χ4n) is 8.99. The molecule has 11 rings (SSSR count). The first-order chi connectivity index (χ1) is 34.9. The molecule has 0 N–H and O–H groups in total. The predicted octanol–water partition coefficient (Wildman–Crippen LogP) is 19.5. The first-order valence-corrected chi connectivity index (χ1v) is 26.4. The Balaban J connectivity index is 0.00000641. The molecule has 374 valence electrons. The van der Waals surface area contributed by atoms with Crippen LogP contribution in [0.4, 0.5) is 0 Å². The number of aromatic nitrogens is 8. The van der Waals surface area contributed by atoms with E-state index in [9.17, 15) is 0 Å². The second kappa shape index (κ2) is 19.6. The molecule has 6 aromatic carbocycles. The first-order valence-electron chi connectivity index (χ1n) is 22.6. The number of nitrogens with zero attached hydrogens (tertiary/aromatic N) is 8. The summed E-state index contributed by atoms with van der Waals surface area (Å²) in [5.74, 6) is 1.13. The van der Waals surface area contributed by atoms with Gasteiger partial charge in [-0.25, -0.2) is 9.97 Å². The van der Waals surface area contributed by atoms with Crippen LogP contribution in [-0.2, 0) is 30.3 Å². The first kappa shape index (κ1) is 54.2. The third kappa shape index (κ3) is 9.00. The molecule has 0 radical (unpaired) electrons. The van der Waals surface area contributed by atoms with E-state index >= 15 is 0 Å². The number of aryl methyl sites for hydroxylation is 2. The molecule has 0 amide bonds. The van der Waals surface area contributed by atoms with Crippen molar-refractivity contribution in [1.82, 2.24) is 39.9 Å². The van der Waals surface area contributed by atoms with E-state index < -0.39 is 0 Å². The molecule has 0 saturated heterocycles. The molecule has 0 atom stereocenters. The Morgan fingerprint density at radius 3 is 1.16 bits per heavy atom. The molecule has 5 heterocycles. The Hall–Kier alpha value is -4.20. The molecule has 0 unspecified atom stereocenters. The van der Waals surface area contributed by atoms with E-state index in [1.807, 2.05) is 74.5 Å². The van der Waals surface area contributed by atoms with Crippen molar-refractivity contribution in [3.8, 4) is 68.5 Å². The molecular formula is C54H34Cl10N8O2Zn. The Kier molecular flexibility index (Phi) is 14.2. The van der Waals surface area contributed by atoms with Gasteiger partial charge in [0.15, 0.2) is 11.5 Å². The fraction of sp³-hybridized carbons (Fsp3) is 0.185. The van der Waals surface area contributed by atoms with Crippen molar-refractivity contribution in [3.05, 3.63) is 133 Å². The summed E-state index contributed by atoms with van der Waals surface area (Å²) in [5.41, 5.74) is 4.32. The molecule has 10 nitrogen and oxygen atoms in total. The van der Waals surface area contributed by atoms with Crippen molar-refractivity contribution < 1.29 is 29.0 Å². The number of halogens is 10. The number of ether oxygens (including phenoxy) is 2. The number of hydrogen-bond acceptors (Lipinski definition) is 8. The molecular weight excluding hydrogens is 1210 g/mol. The molecule has 0 saturated carbocycles. The molecule has 3 aromatic heterocycles. The van der Waals surface area contributed by atoms with E-state index in [-0.39, 0.29) is 171 Å². The van der Waals surface area contributed by atoms with E-state index in [0.29, 0.717) is 22.3 Å². The summed E-state index contributed by atoms with van der Waals surface area (Å²) in [7, 11) is 0. The predicted molar refractivity (Wildman–Crippen MR) is 304 cm³/mol. The summed E-state index contributed by atoms with van der Waals surface area (Å²) in [6.45, 7) is 16.4. The van der Waals surface area contributed by atoms with Crippen LogP contribution < -0.4 is 19.4 Å². The van der Waals surface area contributed by atoms with E-state index in [4.69, 9.17) is 165 Å². The summed E-state index contributed by atoms with van der Waals surface area (Å²) in [6, 6.07) is 19.0. The summed E-state index contributed by atoms with van der Waals surface area (Å²) >= 11 is 71.7. The standard InChI is InChI=1S/C54H34Cl10N8O2.Zn/c1-19-13-15-25(23(17-19)53(3,4)5)73-43-37(59)31-29(35(57)41(43)63)48-67-46-22-12-10-9-11-21(22)45(65-46)66-47-27-28(34(56)40(62)39(61)33(27)55)49(68-47)70-50-30-32(52(71-50)72-51(31)69-48)38(60)44(42(64)36(30)58)74-26-16-14-20(2)18-24(26)54(6,7)8;/h9-18H,1-8H3;/q-2;+2. The normalized spacial score (nSPS) is 12.3. The van der Waals surface area contributed by atoms with Crippen LogP contribution in [0.1, 0.15) is 63.8 Å². The molecule has 8 bridgehead atoms. The van der Waals surface area contributed by atoms with Gasteiger partial charge in [0, 0.05) is 66.7 Å². The van der Waals surface area contributed by atoms with Gasteiger partial charge in [-0.05, 0) is 47.6 Å². The zero-order valence-corrected chi connectivity index (χ0v) is 51.2. The Labute approximate surface area is 492 Å². The van der Waals surface area contributed by atoms with Gasteiger partial charge in [-0.15, -0.1) is 0 Å². The van der Waals surface area contributed by atoms with Crippen molar-refractivity contribution >= 4 is 160 Å². The minimum Gasteiger partial charge on any atom is -0.454 e. The second-order valence-corrected chi connectivity index (χ2v) is 23.6.